The van der Waals surface area contributed by atoms with Crippen molar-refractivity contribution in [2.24, 2.45) is 0 Å². The molecule has 2 heterocycles. The largest absolute Gasteiger partial charge is 0.497 e. The van der Waals surface area contributed by atoms with Crippen molar-refractivity contribution in [1.82, 2.24) is 5.32 Å². The van der Waals surface area contributed by atoms with E-state index in [4.69, 9.17) is 9.31 Å². The third-order valence-corrected chi connectivity index (χ3v) is 6.95. The summed E-state index contributed by atoms with van der Waals surface area (Å²) in [5.41, 5.74) is -3.87. The molecule has 0 unspecified atom stereocenters. The van der Waals surface area contributed by atoms with Gasteiger partial charge in [-0.2, -0.15) is 13.2 Å². The van der Waals surface area contributed by atoms with Gasteiger partial charge in [-0.15, -0.1) is 0 Å². The summed E-state index contributed by atoms with van der Waals surface area (Å²) in [4.78, 5) is 26.1. The molecule has 3 amide bonds. The van der Waals surface area contributed by atoms with Crippen molar-refractivity contribution >= 4 is 35.9 Å². The van der Waals surface area contributed by atoms with E-state index in [-0.39, 0.29) is 30.2 Å². The topological polar surface area (TPSA) is 79.9 Å². The van der Waals surface area contributed by atoms with Gasteiger partial charge in [-0.3, -0.25) is 4.79 Å². The van der Waals surface area contributed by atoms with E-state index >= 15 is 8.78 Å². The fraction of sp³-hybridized carbons (Fsp3) is 0.417. The molecule has 2 aromatic rings. The Balaban J connectivity index is 1.44. The van der Waals surface area contributed by atoms with Crippen LogP contribution in [0.25, 0.3) is 0 Å². The number of benzene rings is 2. The summed E-state index contributed by atoms with van der Waals surface area (Å²) in [6.45, 7) is 6.97. The molecule has 0 spiro atoms. The number of carbonyl (C=O) groups is 2. The molecule has 0 saturated carbocycles. The zero-order valence-corrected chi connectivity index (χ0v) is 20.8. The van der Waals surface area contributed by atoms with Crippen molar-refractivity contribution in [3.8, 4) is 0 Å². The van der Waals surface area contributed by atoms with Crippen molar-refractivity contribution in [2.45, 2.75) is 57.5 Å². The Labute approximate surface area is 214 Å². The minimum Gasteiger partial charge on any atom is -0.399 e. The van der Waals surface area contributed by atoms with Crippen LogP contribution >= 0.6 is 0 Å². The second-order valence-electron chi connectivity index (χ2n) is 10.0. The summed E-state index contributed by atoms with van der Waals surface area (Å²) in [5.74, 6) is -4.63. The van der Waals surface area contributed by atoms with Gasteiger partial charge in [0.1, 0.15) is 11.9 Å². The van der Waals surface area contributed by atoms with Gasteiger partial charge in [-0.1, -0.05) is 6.07 Å². The highest BCUT2D eigenvalue weighted by atomic mass is 19.4. The smallest absolute Gasteiger partial charge is 0.399 e. The third-order valence-electron chi connectivity index (χ3n) is 6.95. The average Bonchev–Trinajstić information content (AvgIpc) is 3.25. The van der Waals surface area contributed by atoms with Crippen molar-refractivity contribution < 1.29 is 45.2 Å². The van der Waals surface area contributed by atoms with Crippen LogP contribution in [0.2, 0.25) is 0 Å². The van der Waals surface area contributed by atoms with Gasteiger partial charge < -0.3 is 24.8 Å². The first-order chi connectivity index (χ1) is 17.5. The Hall–Kier alpha value is -3.26. The molecule has 2 aliphatic heterocycles. The van der Waals surface area contributed by atoms with E-state index in [1.807, 2.05) is 5.32 Å². The summed E-state index contributed by atoms with van der Waals surface area (Å²) < 4.78 is 93.7. The molecule has 0 aromatic heterocycles. The van der Waals surface area contributed by atoms with E-state index in [1.165, 1.54) is 12.1 Å². The van der Waals surface area contributed by atoms with Gasteiger partial charge >= 0.3 is 19.3 Å². The summed E-state index contributed by atoms with van der Waals surface area (Å²) >= 11 is 0. The van der Waals surface area contributed by atoms with Crippen LogP contribution in [0.1, 0.15) is 39.7 Å². The molecule has 2 aromatic carbocycles. The summed E-state index contributed by atoms with van der Waals surface area (Å²) in [6, 6.07) is 1.78. The first kappa shape index (κ1) is 27.8. The number of urea groups is 1. The summed E-state index contributed by atoms with van der Waals surface area (Å²) in [6.07, 6.45) is -4.75. The third kappa shape index (κ3) is 5.06. The van der Waals surface area contributed by atoms with E-state index in [2.05, 4.69) is 5.32 Å². The van der Waals surface area contributed by atoms with Crippen molar-refractivity contribution in [3.63, 3.8) is 0 Å². The Bertz CT molecular complexity index is 1270. The number of alkyl halides is 3. The Morgan fingerprint density at radius 1 is 1.03 bits per heavy atom. The van der Waals surface area contributed by atoms with Gasteiger partial charge in [0.2, 0.25) is 5.91 Å². The molecule has 0 radical (unpaired) electrons. The molecule has 7 nitrogen and oxygen atoms in total. The van der Waals surface area contributed by atoms with Crippen LogP contribution in [0.5, 0.6) is 0 Å². The first-order valence-electron chi connectivity index (χ1n) is 11.6. The highest BCUT2D eigenvalue weighted by Crippen LogP contribution is 2.37. The van der Waals surface area contributed by atoms with Crippen LogP contribution in [0.3, 0.4) is 0 Å². The number of amides is 3. The maximum atomic E-state index is 15.1. The van der Waals surface area contributed by atoms with E-state index in [0.717, 1.165) is 11.0 Å². The van der Waals surface area contributed by atoms with Crippen molar-refractivity contribution in [3.05, 3.63) is 53.3 Å². The fourth-order valence-corrected chi connectivity index (χ4v) is 4.08. The number of carbonyl (C=O) groups excluding carboxylic acids is 2. The SMILES string of the molecule is CC1(C)OB(c2ccc(N3CC[C@@H](NC(=O)Nc4ccc(C(F)(F)F)cc4F)C3=O)c(F)c2F)OC1(C)C. The monoisotopic (exact) mass is 543 g/mol. The number of nitrogens with zero attached hydrogens (tertiary/aromatic N) is 1. The number of halogens is 6. The summed E-state index contributed by atoms with van der Waals surface area (Å²) in [7, 11) is -1.17. The second kappa shape index (κ2) is 9.49. The van der Waals surface area contributed by atoms with Gasteiger partial charge in [-0.05, 0) is 58.4 Å². The standard InChI is InChI=1S/C24H24BF6N3O4/c1-22(2)23(3,4)38-25(37-22)13-6-8-17(19(28)18(13)27)34-10-9-16(20(34)35)33-21(36)32-15-7-5-12(11-14(15)26)24(29,30)31/h5-8,11,16H,9-10H2,1-4H3,(H2,32,33,36)/t16-/m1/s1. The average molecular weight is 543 g/mol. The molecule has 204 valence electrons. The number of hydrogen-bond donors (Lipinski definition) is 2. The Morgan fingerprint density at radius 3 is 2.24 bits per heavy atom. The maximum absolute atomic E-state index is 15.1. The highest BCUT2D eigenvalue weighted by Gasteiger charge is 2.53. The van der Waals surface area contributed by atoms with Crippen LogP contribution in [0, 0.1) is 17.5 Å². The van der Waals surface area contributed by atoms with Crippen molar-refractivity contribution in [1.29, 1.82) is 0 Å². The summed E-state index contributed by atoms with van der Waals surface area (Å²) in [5, 5.41) is 4.31. The lowest BCUT2D eigenvalue weighted by atomic mass is 9.78. The molecule has 2 N–H and O–H groups in total. The lowest BCUT2D eigenvalue weighted by molar-refractivity contribution is -0.137. The van der Waals surface area contributed by atoms with E-state index in [9.17, 15) is 27.2 Å². The molecule has 2 fully saturated rings. The van der Waals surface area contributed by atoms with Gasteiger partial charge in [0, 0.05) is 12.0 Å². The van der Waals surface area contributed by atoms with E-state index in [1.54, 1.807) is 27.7 Å². The predicted octanol–water partition coefficient (Wildman–Crippen LogP) is 4.35. The molecule has 0 aliphatic carbocycles. The maximum Gasteiger partial charge on any atom is 0.497 e. The van der Waals surface area contributed by atoms with Gasteiger partial charge in [-0.25, -0.2) is 18.0 Å². The second-order valence-corrected chi connectivity index (χ2v) is 10.0. The number of rotatable bonds is 4. The highest BCUT2D eigenvalue weighted by molar-refractivity contribution is 6.62. The minimum atomic E-state index is -4.77. The quantitative estimate of drug-likeness (QED) is 0.444. The first-order valence-corrected chi connectivity index (χ1v) is 11.6. The van der Waals surface area contributed by atoms with Crippen LogP contribution in [0.4, 0.5) is 42.5 Å². The van der Waals surface area contributed by atoms with Crippen LogP contribution in [-0.4, -0.2) is 42.8 Å². The zero-order chi connectivity index (χ0) is 28.2. The van der Waals surface area contributed by atoms with Gasteiger partial charge in [0.15, 0.2) is 11.6 Å². The normalized spacial score (nSPS) is 20.7. The molecular weight excluding hydrogens is 519 g/mol. The van der Waals surface area contributed by atoms with Crippen LogP contribution < -0.4 is 21.0 Å². The molecule has 2 aliphatic rings. The lowest BCUT2D eigenvalue weighted by Gasteiger charge is -2.32. The predicted molar refractivity (Wildman–Crippen MR) is 126 cm³/mol. The Kier molecular flexibility index (Phi) is 6.94. The van der Waals surface area contributed by atoms with Gasteiger partial charge in [0.25, 0.3) is 0 Å². The molecule has 0 bridgehead atoms. The molecular formula is C24H24BF6N3O4. The van der Waals surface area contributed by atoms with E-state index in [0.29, 0.717) is 6.07 Å². The number of anilines is 2. The number of hydrogen-bond acceptors (Lipinski definition) is 4. The molecule has 38 heavy (non-hydrogen) atoms. The molecule has 1 atom stereocenters. The van der Waals surface area contributed by atoms with Crippen LogP contribution in [-0.2, 0) is 20.3 Å². The van der Waals surface area contributed by atoms with Crippen molar-refractivity contribution in [2.75, 3.05) is 16.8 Å². The zero-order valence-electron chi connectivity index (χ0n) is 20.8. The number of nitrogens with one attached hydrogen (secondary N) is 2. The van der Waals surface area contributed by atoms with Crippen LogP contribution in [0.15, 0.2) is 30.3 Å². The lowest BCUT2D eigenvalue weighted by Crippen LogP contribution is -2.44. The molecule has 2 saturated heterocycles. The molecule has 14 heteroatoms. The minimum absolute atomic E-state index is 0.0157. The van der Waals surface area contributed by atoms with Gasteiger partial charge in [0.05, 0.1) is 28.1 Å². The Morgan fingerprint density at radius 2 is 1.66 bits per heavy atom. The molecule has 4 rings (SSSR count). The fourth-order valence-electron chi connectivity index (χ4n) is 4.08. The van der Waals surface area contributed by atoms with E-state index < -0.39 is 71.2 Å².